The van der Waals surface area contributed by atoms with E-state index in [1.165, 1.54) is 0 Å². The van der Waals surface area contributed by atoms with Gasteiger partial charge in [-0.1, -0.05) is 0 Å². The van der Waals surface area contributed by atoms with Gasteiger partial charge >= 0.3 is 0 Å². The third-order valence-corrected chi connectivity index (χ3v) is 1.80. The number of nitrogens with zero attached hydrogens (tertiary/aromatic N) is 1. The quantitative estimate of drug-likeness (QED) is 0.648. The molecule has 1 aliphatic rings. The van der Waals surface area contributed by atoms with Crippen LogP contribution in [0.25, 0.3) is 0 Å². The van der Waals surface area contributed by atoms with Crippen molar-refractivity contribution in [2.75, 3.05) is 13.9 Å². The monoisotopic (exact) mass is 177 g/mol. The Bertz CT molecular complexity index is 381. The van der Waals surface area contributed by atoms with Gasteiger partial charge < -0.3 is 14.2 Å². The number of nitriles is 1. The lowest BCUT2D eigenvalue weighted by Crippen LogP contribution is -1.93. The van der Waals surface area contributed by atoms with Gasteiger partial charge in [0, 0.05) is 12.1 Å². The first-order chi connectivity index (χ1) is 6.35. The molecule has 13 heavy (non-hydrogen) atoms. The van der Waals surface area contributed by atoms with E-state index in [0.29, 0.717) is 22.8 Å². The van der Waals surface area contributed by atoms with Gasteiger partial charge in [-0.25, -0.2) is 0 Å². The Morgan fingerprint density at radius 3 is 3.00 bits per heavy atom. The van der Waals surface area contributed by atoms with Crippen molar-refractivity contribution >= 4 is 0 Å². The number of ether oxygens (including phenoxy) is 3. The van der Waals surface area contributed by atoms with Crippen LogP contribution in [0.5, 0.6) is 17.2 Å². The summed E-state index contributed by atoms with van der Waals surface area (Å²) in [6.45, 7) is 0.164. The normalized spacial score (nSPS) is 12.3. The van der Waals surface area contributed by atoms with Crippen LogP contribution in [0.15, 0.2) is 12.1 Å². The molecule has 0 N–H and O–H groups in total. The summed E-state index contributed by atoms with van der Waals surface area (Å²) in [5.41, 5.74) is 0.437. The summed E-state index contributed by atoms with van der Waals surface area (Å²) >= 11 is 0. The molecule has 0 bridgehead atoms. The van der Waals surface area contributed by atoms with Gasteiger partial charge in [0.15, 0.2) is 11.5 Å². The average Bonchev–Trinajstić information content (AvgIpc) is 2.63. The largest absolute Gasteiger partial charge is 0.497 e. The van der Waals surface area contributed by atoms with E-state index < -0.39 is 0 Å². The van der Waals surface area contributed by atoms with Crippen molar-refractivity contribution in [3.05, 3.63) is 17.7 Å². The molecule has 1 aliphatic heterocycles. The molecule has 0 amide bonds. The minimum Gasteiger partial charge on any atom is -0.497 e. The molecular weight excluding hydrogens is 170 g/mol. The van der Waals surface area contributed by atoms with Gasteiger partial charge in [-0.2, -0.15) is 5.26 Å². The first-order valence-corrected chi connectivity index (χ1v) is 3.73. The predicted molar refractivity (Wildman–Crippen MR) is 43.8 cm³/mol. The van der Waals surface area contributed by atoms with Gasteiger partial charge in [0.25, 0.3) is 0 Å². The number of rotatable bonds is 1. The molecule has 1 aromatic carbocycles. The Morgan fingerprint density at radius 2 is 2.31 bits per heavy atom. The molecule has 0 unspecified atom stereocenters. The molecule has 0 fully saturated rings. The summed E-state index contributed by atoms with van der Waals surface area (Å²) in [6, 6.07) is 5.33. The molecule has 1 heterocycles. The van der Waals surface area contributed by atoms with Crippen LogP contribution in [0.2, 0.25) is 0 Å². The molecule has 1 aromatic rings. The maximum absolute atomic E-state index is 8.78. The van der Waals surface area contributed by atoms with Crippen LogP contribution in [0, 0.1) is 11.3 Å². The highest BCUT2D eigenvalue weighted by atomic mass is 16.7. The zero-order valence-corrected chi connectivity index (χ0v) is 7.03. The summed E-state index contributed by atoms with van der Waals surface area (Å²) in [5.74, 6) is 1.67. The van der Waals surface area contributed by atoms with Crippen molar-refractivity contribution in [1.29, 1.82) is 5.26 Å². The maximum atomic E-state index is 8.78. The lowest BCUT2D eigenvalue weighted by Gasteiger charge is -2.02. The lowest BCUT2D eigenvalue weighted by molar-refractivity contribution is 0.173. The SMILES string of the molecule is COc1cc(C#N)c2c(c1)OCO2. The number of fused-ring (bicyclic) bond motifs is 1. The Hall–Kier alpha value is -1.89. The van der Waals surface area contributed by atoms with Gasteiger partial charge in [-0.15, -0.1) is 0 Å². The van der Waals surface area contributed by atoms with Crippen LogP contribution >= 0.6 is 0 Å². The van der Waals surface area contributed by atoms with Gasteiger partial charge in [0.1, 0.15) is 17.4 Å². The number of benzene rings is 1. The third kappa shape index (κ3) is 1.14. The molecular formula is C9H7NO3. The Labute approximate surface area is 75.3 Å². The summed E-state index contributed by atoms with van der Waals surface area (Å²) in [4.78, 5) is 0. The van der Waals surface area contributed by atoms with E-state index in [1.807, 2.05) is 6.07 Å². The van der Waals surface area contributed by atoms with Crippen molar-refractivity contribution in [2.45, 2.75) is 0 Å². The average molecular weight is 177 g/mol. The van der Waals surface area contributed by atoms with E-state index in [4.69, 9.17) is 19.5 Å². The second-order valence-electron chi connectivity index (χ2n) is 2.52. The molecule has 4 nitrogen and oxygen atoms in total. The Morgan fingerprint density at radius 1 is 1.46 bits per heavy atom. The van der Waals surface area contributed by atoms with Gasteiger partial charge in [-0.05, 0) is 0 Å². The van der Waals surface area contributed by atoms with E-state index in [9.17, 15) is 0 Å². The summed E-state index contributed by atoms with van der Waals surface area (Å²) in [6.07, 6.45) is 0. The fraction of sp³-hybridized carbons (Fsp3) is 0.222. The van der Waals surface area contributed by atoms with E-state index >= 15 is 0 Å². The fourth-order valence-corrected chi connectivity index (χ4v) is 1.19. The van der Waals surface area contributed by atoms with Crippen molar-refractivity contribution < 1.29 is 14.2 Å². The Kier molecular flexibility index (Phi) is 1.71. The van der Waals surface area contributed by atoms with Crippen LogP contribution in [0.4, 0.5) is 0 Å². The first kappa shape index (κ1) is 7.74. The highest BCUT2D eigenvalue weighted by Gasteiger charge is 2.19. The van der Waals surface area contributed by atoms with Crippen molar-refractivity contribution in [1.82, 2.24) is 0 Å². The molecule has 0 atom stereocenters. The number of hydrogen-bond donors (Lipinski definition) is 0. The van der Waals surface area contributed by atoms with Gasteiger partial charge in [0.05, 0.1) is 7.11 Å². The molecule has 0 aliphatic carbocycles. The van der Waals surface area contributed by atoms with E-state index in [2.05, 4.69) is 0 Å². The minimum absolute atomic E-state index is 0.164. The minimum atomic E-state index is 0.164. The highest BCUT2D eigenvalue weighted by molar-refractivity contribution is 5.57. The molecule has 2 rings (SSSR count). The molecule has 0 saturated heterocycles. The molecule has 66 valence electrons. The highest BCUT2D eigenvalue weighted by Crippen LogP contribution is 2.38. The van der Waals surface area contributed by atoms with Gasteiger partial charge in [-0.3, -0.25) is 0 Å². The second-order valence-corrected chi connectivity index (χ2v) is 2.52. The zero-order chi connectivity index (χ0) is 9.26. The van der Waals surface area contributed by atoms with E-state index in [-0.39, 0.29) is 6.79 Å². The number of hydrogen-bond acceptors (Lipinski definition) is 4. The predicted octanol–water partition coefficient (Wildman–Crippen LogP) is 1.30. The molecule has 4 heteroatoms. The number of methoxy groups -OCH3 is 1. The van der Waals surface area contributed by atoms with E-state index in [0.717, 1.165) is 0 Å². The summed E-state index contributed by atoms with van der Waals surface area (Å²) in [7, 11) is 1.54. The third-order valence-electron chi connectivity index (χ3n) is 1.80. The molecule has 0 aromatic heterocycles. The topological polar surface area (TPSA) is 51.5 Å². The van der Waals surface area contributed by atoms with Crippen molar-refractivity contribution in [3.8, 4) is 23.3 Å². The Balaban J connectivity index is 2.57. The molecule has 0 radical (unpaired) electrons. The van der Waals surface area contributed by atoms with Crippen LogP contribution in [0.1, 0.15) is 5.56 Å². The lowest BCUT2D eigenvalue weighted by atomic mass is 10.2. The summed E-state index contributed by atoms with van der Waals surface area (Å²) in [5, 5.41) is 8.78. The smallest absolute Gasteiger partial charge is 0.231 e. The first-order valence-electron chi connectivity index (χ1n) is 3.73. The van der Waals surface area contributed by atoms with Crippen LogP contribution < -0.4 is 14.2 Å². The summed E-state index contributed by atoms with van der Waals surface area (Å²) < 4.78 is 15.2. The van der Waals surface area contributed by atoms with E-state index in [1.54, 1.807) is 19.2 Å². The zero-order valence-electron chi connectivity index (χ0n) is 7.03. The molecule has 0 spiro atoms. The van der Waals surface area contributed by atoms with Crippen LogP contribution in [-0.2, 0) is 0 Å². The second kappa shape index (κ2) is 2.87. The van der Waals surface area contributed by atoms with Crippen LogP contribution in [0.3, 0.4) is 0 Å². The molecule has 0 saturated carbocycles. The maximum Gasteiger partial charge on any atom is 0.231 e. The van der Waals surface area contributed by atoms with Crippen molar-refractivity contribution in [2.24, 2.45) is 0 Å². The fourth-order valence-electron chi connectivity index (χ4n) is 1.19. The van der Waals surface area contributed by atoms with Gasteiger partial charge in [0.2, 0.25) is 6.79 Å². The van der Waals surface area contributed by atoms with Crippen LogP contribution in [-0.4, -0.2) is 13.9 Å². The standard InChI is InChI=1S/C9H7NO3/c1-11-7-2-6(4-10)9-8(3-7)12-5-13-9/h2-3H,5H2,1H3. The van der Waals surface area contributed by atoms with Crippen molar-refractivity contribution in [3.63, 3.8) is 0 Å².